The first-order valence-corrected chi connectivity index (χ1v) is 4.28. The number of rotatable bonds is 3. The predicted molar refractivity (Wildman–Crippen MR) is 54.3 cm³/mol. The summed E-state index contributed by atoms with van der Waals surface area (Å²) in [6.45, 7) is 0. The molecule has 0 saturated heterocycles. The maximum atomic E-state index is 11.4. The molecule has 0 unspecified atom stereocenters. The van der Waals surface area contributed by atoms with E-state index in [-0.39, 0.29) is 5.91 Å². The minimum Gasteiger partial charge on any atom is -0.399 e. The number of likely N-dealkylation sites (N-methyl/N-ethyl adjacent to an activating group) is 1. The van der Waals surface area contributed by atoms with Gasteiger partial charge in [0, 0.05) is 12.7 Å². The number of anilines is 1. The molecule has 76 valence electrons. The monoisotopic (exact) mass is 194 g/mol. The third-order valence-electron chi connectivity index (χ3n) is 1.93. The van der Waals surface area contributed by atoms with Gasteiger partial charge in [0.05, 0.1) is 13.5 Å². The van der Waals surface area contributed by atoms with Crippen LogP contribution >= 0.6 is 0 Å². The van der Waals surface area contributed by atoms with Crippen LogP contribution in [0.2, 0.25) is 0 Å². The largest absolute Gasteiger partial charge is 0.399 e. The fraction of sp³-hybridized carbons (Fsp3) is 0.300. The molecule has 1 rings (SSSR count). The Bertz CT molecular complexity index is 326. The topological polar surface area (TPSA) is 55.6 Å². The number of nitrogens with two attached hydrogens (primary N) is 1. The standard InChI is InChI=1S/C10H14N2O2/c1-12(14-2)10(13)7-8-4-3-5-9(11)6-8/h3-6H,7,11H2,1-2H3. The van der Waals surface area contributed by atoms with Crippen LogP contribution in [0, 0.1) is 0 Å². The Morgan fingerprint density at radius 2 is 2.29 bits per heavy atom. The van der Waals surface area contributed by atoms with E-state index in [0.29, 0.717) is 12.1 Å². The highest BCUT2D eigenvalue weighted by atomic mass is 16.7. The lowest BCUT2D eigenvalue weighted by Gasteiger charge is -2.13. The molecule has 0 aliphatic rings. The molecule has 0 atom stereocenters. The zero-order valence-electron chi connectivity index (χ0n) is 8.36. The average Bonchev–Trinajstić information content (AvgIpc) is 2.16. The second-order valence-electron chi connectivity index (χ2n) is 3.00. The number of hydroxylamine groups is 2. The molecule has 2 N–H and O–H groups in total. The van der Waals surface area contributed by atoms with E-state index in [1.54, 1.807) is 19.2 Å². The normalized spacial score (nSPS) is 9.86. The van der Waals surface area contributed by atoms with Crippen LogP contribution in [-0.4, -0.2) is 25.1 Å². The molecular weight excluding hydrogens is 180 g/mol. The van der Waals surface area contributed by atoms with Crippen LogP contribution in [0.1, 0.15) is 5.56 Å². The minimum absolute atomic E-state index is 0.0990. The van der Waals surface area contributed by atoms with Gasteiger partial charge >= 0.3 is 0 Å². The van der Waals surface area contributed by atoms with Crippen molar-refractivity contribution in [2.24, 2.45) is 0 Å². The maximum Gasteiger partial charge on any atom is 0.250 e. The second-order valence-corrected chi connectivity index (χ2v) is 3.00. The molecule has 0 radical (unpaired) electrons. The van der Waals surface area contributed by atoms with Gasteiger partial charge in [-0.15, -0.1) is 0 Å². The quantitative estimate of drug-likeness (QED) is 0.572. The van der Waals surface area contributed by atoms with Gasteiger partial charge in [0.2, 0.25) is 5.91 Å². The Morgan fingerprint density at radius 3 is 2.86 bits per heavy atom. The molecule has 0 aliphatic heterocycles. The van der Waals surface area contributed by atoms with E-state index < -0.39 is 0 Å². The van der Waals surface area contributed by atoms with Crippen molar-refractivity contribution >= 4 is 11.6 Å². The summed E-state index contributed by atoms with van der Waals surface area (Å²) < 4.78 is 0. The van der Waals surface area contributed by atoms with Crippen molar-refractivity contribution in [3.05, 3.63) is 29.8 Å². The van der Waals surface area contributed by atoms with Gasteiger partial charge in [-0.1, -0.05) is 12.1 Å². The maximum absolute atomic E-state index is 11.4. The summed E-state index contributed by atoms with van der Waals surface area (Å²) in [5.74, 6) is -0.0990. The number of benzene rings is 1. The SMILES string of the molecule is CON(C)C(=O)Cc1cccc(N)c1. The molecule has 0 aromatic heterocycles. The second kappa shape index (κ2) is 4.62. The number of amides is 1. The molecule has 1 aromatic rings. The van der Waals surface area contributed by atoms with Gasteiger partial charge < -0.3 is 5.73 Å². The number of carbonyl (C=O) groups is 1. The van der Waals surface area contributed by atoms with Crippen LogP contribution in [0.5, 0.6) is 0 Å². The van der Waals surface area contributed by atoms with Crippen LogP contribution in [0.15, 0.2) is 24.3 Å². The van der Waals surface area contributed by atoms with Gasteiger partial charge in [0.15, 0.2) is 0 Å². The Morgan fingerprint density at radius 1 is 1.57 bits per heavy atom. The van der Waals surface area contributed by atoms with Gasteiger partial charge in [0.1, 0.15) is 0 Å². The van der Waals surface area contributed by atoms with Gasteiger partial charge in [-0.3, -0.25) is 9.63 Å². The molecule has 0 bridgehead atoms. The molecule has 4 heteroatoms. The summed E-state index contributed by atoms with van der Waals surface area (Å²) >= 11 is 0. The molecule has 0 fully saturated rings. The molecule has 0 heterocycles. The van der Waals surface area contributed by atoms with Crippen LogP contribution < -0.4 is 5.73 Å². The zero-order chi connectivity index (χ0) is 10.6. The summed E-state index contributed by atoms with van der Waals surface area (Å²) in [5.41, 5.74) is 7.14. The van der Waals surface area contributed by atoms with Crippen LogP contribution in [0.25, 0.3) is 0 Å². The van der Waals surface area contributed by atoms with Crippen LogP contribution in [0.4, 0.5) is 5.69 Å². The first-order chi connectivity index (χ1) is 6.63. The van der Waals surface area contributed by atoms with Crippen molar-refractivity contribution in [1.82, 2.24) is 5.06 Å². The third kappa shape index (κ3) is 2.74. The Labute approximate surface area is 83.2 Å². The fourth-order valence-electron chi connectivity index (χ4n) is 1.09. The number of nitrogens with zero attached hydrogens (tertiary/aromatic N) is 1. The first-order valence-electron chi connectivity index (χ1n) is 4.28. The van der Waals surface area contributed by atoms with Crippen molar-refractivity contribution < 1.29 is 9.63 Å². The van der Waals surface area contributed by atoms with Crippen molar-refractivity contribution in [2.75, 3.05) is 19.9 Å². The van der Waals surface area contributed by atoms with E-state index in [9.17, 15) is 4.79 Å². The summed E-state index contributed by atoms with van der Waals surface area (Å²) in [6.07, 6.45) is 0.301. The lowest BCUT2D eigenvalue weighted by molar-refractivity contribution is -0.167. The summed E-state index contributed by atoms with van der Waals surface area (Å²) in [4.78, 5) is 16.2. The molecular formula is C10H14N2O2. The molecule has 1 amide bonds. The van der Waals surface area contributed by atoms with Crippen molar-refractivity contribution in [3.8, 4) is 0 Å². The van der Waals surface area contributed by atoms with Crippen molar-refractivity contribution in [3.63, 3.8) is 0 Å². The van der Waals surface area contributed by atoms with Gasteiger partial charge in [0.25, 0.3) is 0 Å². The summed E-state index contributed by atoms with van der Waals surface area (Å²) in [5, 5.41) is 1.20. The highest BCUT2D eigenvalue weighted by Crippen LogP contribution is 2.08. The highest BCUT2D eigenvalue weighted by molar-refractivity contribution is 5.77. The Kier molecular flexibility index (Phi) is 3.48. The first kappa shape index (κ1) is 10.5. The molecule has 0 aliphatic carbocycles. The molecule has 0 saturated carbocycles. The fourth-order valence-corrected chi connectivity index (χ4v) is 1.09. The zero-order valence-corrected chi connectivity index (χ0v) is 8.36. The van der Waals surface area contributed by atoms with E-state index in [0.717, 1.165) is 5.56 Å². The van der Waals surface area contributed by atoms with E-state index >= 15 is 0 Å². The number of carbonyl (C=O) groups excluding carboxylic acids is 1. The highest BCUT2D eigenvalue weighted by Gasteiger charge is 2.08. The van der Waals surface area contributed by atoms with E-state index in [1.165, 1.54) is 12.2 Å². The van der Waals surface area contributed by atoms with Gasteiger partial charge in [-0.2, -0.15) is 0 Å². The lowest BCUT2D eigenvalue weighted by Crippen LogP contribution is -2.26. The van der Waals surface area contributed by atoms with Gasteiger partial charge in [-0.05, 0) is 17.7 Å². The third-order valence-corrected chi connectivity index (χ3v) is 1.93. The molecule has 14 heavy (non-hydrogen) atoms. The smallest absolute Gasteiger partial charge is 0.250 e. The minimum atomic E-state index is -0.0990. The van der Waals surface area contributed by atoms with Crippen molar-refractivity contribution in [1.29, 1.82) is 0 Å². The average molecular weight is 194 g/mol. The molecule has 1 aromatic carbocycles. The van der Waals surface area contributed by atoms with E-state index in [4.69, 9.17) is 10.6 Å². The van der Waals surface area contributed by atoms with E-state index in [1.807, 2.05) is 12.1 Å². The molecule has 0 spiro atoms. The molecule has 4 nitrogen and oxygen atoms in total. The number of nitrogen functional groups attached to an aromatic ring is 1. The summed E-state index contributed by atoms with van der Waals surface area (Å²) in [6, 6.07) is 7.25. The summed E-state index contributed by atoms with van der Waals surface area (Å²) in [7, 11) is 3.03. The van der Waals surface area contributed by atoms with Crippen molar-refractivity contribution in [2.45, 2.75) is 6.42 Å². The number of hydrogen-bond acceptors (Lipinski definition) is 3. The predicted octanol–water partition coefficient (Wildman–Crippen LogP) is 0.831. The van der Waals surface area contributed by atoms with E-state index in [2.05, 4.69) is 0 Å². The Hall–Kier alpha value is -1.55. The number of hydrogen-bond donors (Lipinski definition) is 1. The lowest BCUT2D eigenvalue weighted by atomic mass is 10.1. The Balaban J connectivity index is 2.65. The van der Waals surface area contributed by atoms with Crippen LogP contribution in [0.3, 0.4) is 0 Å². The van der Waals surface area contributed by atoms with Gasteiger partial charge in [-0.25, -0.2) is 5.06 Å². The van der Waals surface area contributed by atoms with Crippen LogP contribution in [-0.2, 0) is 16.1 Å².